The van der Waals surface area contributed by atoms with E-state index >= 15 is 0 Å². The number of aromatic nitrogens is 4. The molecule has 9 aromatic carbocycles. The van der Waals surface area contributed by atoms with Crippen LogP contribution in [0.5, 0.6) is 0 Å². The standard InChI is InChI=1S/C58H36N4O/c1-4-17-37(18-5-1)41-32-33-52-57(44-25-11-13-27-49(44)61(52)40-21-8-3-9-22-40)56(41)45-26-16-29-51-55(45)43-24-10-14-28-50(43)62(51)58-59-47(38-19-6-2-7-20-38)36-48(60-58)39-31-34-54-46(35-39)42-23-12-15-30-53(42)63-54/h1-36H. The number of hydrogen-bond acceptors (Lipinski definition) is 3. The first-order valence-corrected chi connectivity index (χ1v) is 21.3. The smallest absolute Gasteiger partial charge is 0.235 e. The summed E-state index contributed by atoms with van der Waals surface area (Å²) < 4.78 is 10.9. The van der Waals surface area contributed by atoms with Gasteiger partial charge in [0.1, 0.15) is 11.2 Å². The van der Waals surface area contributed by atoms with E-state index in [0.717, 1.165) is 88.6 Å². The number of hydrogen-bond donors (Lipinski definition) is 0. The number of fused-ring (bicyclic) bond motifs is 9. The molecule has 63 heavy (non-hydrogen) atoms. The van der Waals surface area contributed by atoms with Crippen molar-refractivity contribution in [3.63, 3.8) is 0 Å². The van der Waals surface area contributed by atoms with Crippen molar-refractivity contribution in [1.29, 1.82) is 0 Å². The average molecular weight is 805 g/mol. The molecule has 0 amide bonds. The molecular formula is C58H36N4O. The molecule has 0 aliphatic carbocycles. The van der Waals surface area contributed by atoms with Gasteiger partial charge < -0.3 is 8.98 Å². The van der Waals surface area contributed by atoms with Gasteiger partial charge in [-0.05, 0) is 83.4 Å². The lowest BCUT2D eigenvalue weighted by atomic mass is 9.88. The molecular weight excluding hydrogens is 769 g/mol. The fraction of sp³-hybridized carbons (Fsp3) is 0. The first-order valence-electron chi connectivity index (χ1n) is 21.3. The summed E-state index contributed by atoms with van der Waals surface area (Å²) in [6, 6.07) is 77.4. The number of rotatable bonds is 6. The van der Waals surface area contributed by atoms with Crippen LogP contribution in [-0.4, -0.2) is 19.1 Å². The maximum Gasteiger partial charge on any atom is 0.235 e. The summed E-state index contributed by atoms with van der Waals surface area (Å²) >= 11 is 0. The Hall–Kier alpha value is -8.54. The predicted molar refractivity (Wildman–Crippen MR) is 260 cm³/mol. The van der Waals surface area contributed by atoms with Gasteiger partial charge in [0.25, 0.3) is 0 Å². The van der Waals surface area contributed by atoms with E-state index in [4.69, 9.17) is 14.4 Å². The molecule has 0 radical (unpaired) electrons. The van der Waals surface area contributed by atoms with Crippen molar-refractivity contribution in [3.8, 4) is 56.4 Å². The Morgan fingerprint density at radius 1 is 0.333 bits per heavy atom. The molecule has 5 heteroatoms. The Kier molecular flexibility index (Phi) is 7.84. The van der Waals surface area contributed by atoms with Gasteiger partial charge in [0.05, 0.1) is 33.5 Å². The Morgan fingerprint density at radius 2 is 0.905 bits per heavy atom. The van der Waals surface area contributed by atoms with Crippen LogP contribution < -0.4 is 0 Å². The molecule has 0 atom stereocenters. The summed E-state index contributed by atoms with van der Waals surface area (Å²) in [5, 5.41) is 6.84. The fourth-order valence-electron chi connectivity index (χ4n) is 9.82. The SMILES string of the molecule is c1ccc(-c2cc(-c3ccc4oc5ccccc5c4c3)nc(-n3c4ccccc4c4c(-c5c(-c6ccccc6)ccc6c5c5ccccc5n6-c5ccccc5)cccc43)n2)cc1. The van der Waals surface area contributed by atoms with Gasteiger partial charge in [0.15, 0.2) is 0 Å². The molecule has 0 saturated carbocycles. The maximum atomic E-state index is 6.24. The van der Waals surface area contributed by atoms with Crippen LogP contribution in [-0.2, 0) is 0 Å². The molecule has 0 unspecified atom stereocenters. The summed E-state index contributed by atoms with van der Waals surface area (Å²) in [4.78, 5) is 10.9. The summed E-state index contributed by atoms with van der Waals surface area (Å²) in [6.45, 7) is 0. The Bertz CT molecular complexity index is 3900. The lowest BCUT2D eigenvalue weighted by molar-refractivity contribution is 0.669. The molecule has 13 rings (SSSR count). The lowest BCUT2D eigenvalue weighted by Crippen LogP contribution is -2.04. The third-order valence-electron chi connectivity index (χ3n) is 12.6. The molecule has 0 aliphatic rings. The normalized spacial score (nSPS) is 11.8. The molecule has 294 valence electrons. The van der Waals surface area contributed by atoms with Gasteiger partial charge in [-0.1, -0.05) is 152 Å². The zero-order chi connectivity index (χ0) is 41.4. The van der Waals surface area contributed by atoms with Gasteiger partial charge in [-0.2, -0.15) is 0 Å². The minimum atomic E-state index is 0.606. The molecule has 0 aliphatic heterocycles. The fourth-order valence-corrected chi connectivity index (χ4v) is 9.82. The molecule has 0 spiro atoms. The van der Waals surface area contributed by atoms with Crippen molar-refractivity contribution in [2.75, 3.05) is 0 Å². The van der Waals surface area contributed by atoms with E-state index in [2.05, 4.69) is 209 Å². The molecule has 13 aromatic rings. The maximum absolute atomic E-state index is 6.24. The van der Waals surface area contributed by atoms with E-state index in [1.165, 1.54) is 27.4 Å². The molecule has 0 saturated heterocycles. The van der Waals surface area contributed by atoms with Crippen molar-refractivity contribution in [2.24, 2.45) is 0 Å². The van der Waals surface area contributed by atoms with Gasteiger partial charge in [0, 0.05) is 54.7 Å². The highest BCUT2D eigenvalue weighted by molar-refractivity contribution is 6.24. The van der Waals surface area contributed by atoms with Crippen LogP contribution in [0.15, 0.2) is 223 Å². The molecule has 0 bridgehead atoms. The first kappa shape index (κ1) is 35.2. The van der Waals surface area contributed by atoms with Crippen LogP contribution in [0, 0.1) is 0 Å². The van der Waals surface area contributed by atoms with Crippen molar-refractivity contribution in [1.82, 2.24) is 19.1 Å². The van der Waals surface area contributed by atoms with Crippen LogP contribution >= 0.6 is 0 Å². The topological polar surface area (TPSA) is 48.8 Å². The van der Waals surface area contributed by atoms with Crippen LogP contribution in [0.1, 0.15) is 0 Å². The second kappa shape index (κ2) is 14.0. The minimum absolute atomic E-state index is 0.606. The summed E-state index contributed by atoms with van der Waals surface area (Å²) in [6.07, 6.45) is 0. The van der Waals surface area contributed by atoms with E-state index < -0.39 is 0 Å². The van der Waals surface area contributed by atoms with Crippen molar-refractivity contribution >= 4 is 65.6 Å². The van der Waals surface area contributed by atoms with Crippen molar-refractivity contribution < 1.29 is 4.42 Å². The molecule has 5 nitrogen and oxygen atoms in total. The Balaban J connectivity index is 1.12. The highest BCUT2D eigenvalue weighted by Gasteiger charge is 2.25. The number of para-hydroxylation sites is 4. The number of benzene rings is 9. The van der Waals surface area contributed by atoms with E-state index in [0.29, 0.717) is 5.95 Å². The quantitative estimate of drug-likeness (QED) is 0.168. The monoisotopic (exact) mass is 804 g/mol. The van der Waals surface area contributed by atoms with Gasteiger partial charge in [-0.3, -0.25) is 4.57 Å². The largest absolute Gasteiger partial charge is 0.456 e. The second-order valence-corrected chi connectivity index (χ2v) is 16.1. The zero-order valence-corrected chi connectivity index (χ0v) is 34.0. The van der Waals surface area contributed by atoms with Crippen LogP contribution in [0.3, 0.4) is 0 Å². The van der Waals surface area contributed by atoms with Crippen molar-refractivity contribution in [3.05, 3.63) is 218 Å². The van der Waals surface area contributed by atoms with E-state index in [9.17, 15) is 0 Å². The zero-order valence-electron chi connectivity index (χ0n) is 34.0. The lowest BCUT2D eigenvalue weighted by Gasteiger charge is -2.16. The van der Waals surface area contributed by atoms with E-state index in [1.807, 2.05) is 18.2 Å². The van der Waals surface area contributed by atoms with E-state index in [-0.39, 0.29) is 0 Å². The summed E-state index contributed by atoms with van der Waals surface area (Å²) in [5.41, 5.74) is 15.6. The van der Waals surface area contributed by atoms with Gasteiger partial charge >= 0.3 is 0 Å². The van der Waals surface area contributed by atoms with Crippen LogP contribution in [0.2, 0.25) is 0 Å². The number of nitrogens with zero attached hydrogens (tertiary/aromatic N) is 4. The molecule has 4 aromatic heterocycles. The Labute approximate surface area is 362 Å². The third kappa shape index (κ3) is 5.50. The van der Waals surface area contributed by atoms with Gasteiger partial charge in [-0.25, -0.2) is 9.97 Å². The van der Waals surface area contributed by atoms with Gasteiger partial charge in [0.2, 0.25) is 5.95 Å². The third-order valence-corrected chi connectivity index (χ3v) is 12.6. The summed E-state index contributed by atoms with van der Waals surface area (Å²) in [5.74, 6) is 0.606. The molecule has 4 heterocycles. The Morgan fingerprint density at radius 3 is 1.67 bits per heavy atom. The molecule has 0 fully saturated rings. The van der Waals surface area contributed by atoms with Crippen LogP contribution in [0.4, 0.5) is 0 Å². The molecule has 0 N–H and O–H groups in total. The predicted octanol–water partition coefficient (Wildman–Crippen LogP) is 15.2. The highest BCUT2D eigenvalue weighted by Crippen LogP contribution is 2.48. The van der Waals surface area contributed by atoms with Gasteiger partial charge in [-0.15, -0.1) is 0 Å². The first-order chi connectivity index (χ1) is 31.3. The highest BCUT2D eigenvalue weighted by atomic mass is 16.3. The second-order valence-electron chi connectivity index (χ2n) is 16.1. The van der Waals surface area contributed by atoms with Crippen LogP contribution in [0.25, 0.3) is 122 Å². The summed E-state index contributed by atoms with van der Waals surface area (Å²) in [7, 11) is 0. The number of furan rings is 1. The average Bonchev–Trinajstić information content (AvgIpc) is 4.02. The minimum Gasteiger partial charge on any atom is -0.456 e. The van der Waals surface area contributed by atoms with E-state index in [1.54, 1.807) is 0 Å². The van der Waals surface area contributed by atoms with Crippen molar-refractivity contribution in [2.45, 2.75) is 0 Å².